The van der Waals surface area contributed by atoms with Crippen LogP contribution in [-0.4, -0.2) is 35.8 Å². The normalized spacial score (nSPS) is 12.0. The molecule has 2 aromatic carbocycles. The Bertz CT molecular complexity index is 889. The van der Waals surface area contributed by atoms with Gasteiger partial charge in [0.05, 0.1) is 25.8 Å². The number of anilines is 1. The predicted molar refractivity (Wildman–Crippen MR) is 100 cm³/mol. The molecule has 0 spiro atoms. The van der Waals surface area contributed by atoms with Crippen molar-refractivity contribution in [2.75, 3.05) is 26.1 Å². The zero-order valence-corrected chi connectivity index (χ0v) is 15.4. The molecule has 0 saturated heterocycles. The fourth-order valence-corrected chi connectivity index (χ4v) is 2.93. The summed E-state index contributed by atoms with van der Waals surface area (Å²) in [7, 11) is 3.15. The average Bonchev–Trinajstić information content (AvgIpc) is 2.65. The van der Waals surface area contributed by atoms with Gasteiger partial charge < -0.3 is 19.9 Å². The fourth-order valence-electron chi connectivity index (χ4n) is 2.57. The summed E-state index contributed by atoms with van der Waals surface area (Å²) in [5.41, 5.74) is 1.48. The summed E-state index contributed by atoms with van der Waals surface area (Å²) in [4.78, 5) is 8.53. The van der Waals surface area contributed by atoms with E-state index in [1.807, 2.05) is 18.2 Å². The van der Waals surface area contributed by atoms with Crippen LogP contribution in [0.15, 0.2) is 47.2 Å². The lowest BCUT2D eigenvalue weighted by molar-refractivity contribution is 0.186. The molecule has 0 aliphatic heterocycles. The number of rotatable bonds is 6. The van der Waals surface area contributed by atoms with Crippen LogP contribution in [0.25, 0.3) is 10.9 Å². The van der Waals surface area contributed by atoms with Crippen LogP contribution in [0.1, 0.15) is 11.7 Å². The Kier molecular flexibility index (Phi) is 5.35. The summed E-state index contributed by atoms with van der Waals surface area (Å²) in [5.74, 6) is 1.92. The molecule has 0 radical (unpaired) electrons. The Morgan fingerprint density at radius 1 is 1.12 bits per heavy atom. The minimum atomic E-state index is -0.790. The second kappa shape index (κ2) is 7.67. The highest BCUT2D eigenvalue weighted by molar-refractivity contribution is 9.10. The van der Waals surface area contributed by atoms with Crippen LogP contribution in [0.2, 0.25) is 0 Å². The zero-order valence-electron chi connectivity index (χ0n) is 13.9. The van der Waals surface area contributed by atoms with Gasteiger partial charge in [-0.25, -0.2) is 9.97 Å². The van der Waals surface area contributed by atoms with E-state index in [4.69, 9.17) is 9.47 Å². The van der Waals surface area contributed by atoms with Crippen molar-refractivity contribution < 1.29 is 14.6 Å². The second-order valence-corrected chi connectivity index (χ2v) is 6.30. The molecular formula is C18H18BrN3O3. The summed E-state index contributed by atoms with van der Waals surface area (Å²) >= 11 is 3.45. The Hall–Kier alpha value is -2.38. The molecule has 3 aromatic rings. The molecule has 1 unspecified atom stereocenters. The minimum Gasteiger partial charge on any atom is -0.497 e. The highest BCUT2D eigenvalue weighted by Crippen LogP contribution is 2.30. The summed E-state index contributed by atoms with van der Waals surface area (Å²) in [6.45, 7) is 0.266. The topological polar surface area (TPSA) is 76.5 Å². The molecule has 130 valence electrons. The summed E-state index contributed by atoms with van der Waals surface area (Å²) in [6, 6.07) is 11.1. The molecule has 1 atom stereocenters. The maximum absolute atomic E-state index is 10.6. The van der Waals surface area contributed by atoms with Gasteiger partial charge in [0.25, 0.3) is 0 Å². The van der Waals surface area contributed by atoms with Gasteiger partial charge in [-0.2, -0.15) is 0 Å². The van der Waals surface area contributed by atoms with Crippen LogP contribution in [0.5, 0.6) is 11.5 Å². The molecule has 7 heteroatoms. The van der Waals surface area contributed by atoms with Crippen LogP contribution < -0.4 is 14.8 Å². The number of halogens is 1. The van der Waals surface area contributed by atoms with Crippen molar-refractivity contribution in [1.82, 2.24) is 9.97 Å². The maximum Gasteiger partial charge on any atom is 0.137 e. The van der Waals surface area contributed by atoms with Gasteiger partial charge in [-0.3, -0.25) is 0 Å². The molecule has 0 aliphatic carbocycles. The number of ether oxygens (including phenoxy) is 2. The highest BCUT2D eigenvalue weighted by Gasteiger charge is 2.15. The Morgan fingerprint density at radius 2 is 1.96 bits per heavy atom. The van der Waals surface area contributed by atoms with Crippen molar-refractivity contribution >= 4 is 32.7 Å². The van der Waals surface area contributed by atoms with E-state index in [0.717, 1.165) is 15.4 Å². The average molecular weight is 404 g/mol. The third-order valence-electron chi connectivity index (χ3n) is 3.86. The van der Waals surface area contributed by atoms with Gasteiger partial charge in [-0.15, -0.1) is 0 Å². The largest absolute Gasteiger partial charge is 0.497 e. The molecule has 0 fully saturated rings. The van der Waals surface area contributed by atoms with E-state index >= 15 is 0 Å². The quantitative estimate of drug-likeness (QED) is 0.655. The molecule has 3 rings (SSSR count). The number of nitrogens with one attached hydrogen (secondary N) is 1. The van der Waals surface area contributed by atoms with E-state index in [-0.39, 0.29) is 6.54 Å². The second-order valence-electron chi connectivity index (χ2n) is 5.39. The van der Waals surface area contributed by atoms with Gasteiger partial charge >= 0.3 is 0 Å². The third kappa shape index (κ3) is 3.83. The number of methoxy groups -OCH3 is 2. The summed E-state index contributed by atoms with van der Waals surface area (Å²) < 4.78 is 11.5. The summed E-state index contributed by atoms with van der Waals surface area (Å²) in [6.07, 6.45) is 0.707. The van der Waals surface area contributed by atoms with Crippen molar-refractivity contribution in [3.63, 3.8) is 0 Å². The van der Waals surface area contributed by atoms with Crippen LogP contribution in [0.4, 0.5) is 5.82 Å². The SMILES string of the molecule is COc1ccc(OC)c(C(O)CNc2ncnc3ccc(Br)cc23)c1. The Morgan fingerprint density at radius 3 is 2.72 bits per heavy atom. The van der Waals surface area contributed by atoms with Crippen LogP contribution in [0.3, 0.4) is 0 Å². The number of hydrogen-bond donors (Lipinski definition) is 2. The van der Waals surface area contributed by atoms with Gasteiger partial charge in [0.15, 0.2) is 0 Å². The molecule has 2 N–H and O–H groups in total. The fraction of sp³-hybridized carbons (Fsp3) is 0.222. The van der Waals surface area contributed by atoms with Gasteiger partial charge in [-0.1, -0.05) is 15.9 Å². The van der Waals surface area contributed by atoms with Crippen molar-refractivity contribution in [2.24, 2.45) is 0 Å². The van der Waals surface area contributed by atoms with E-state index in [9.17, 15) is 5.11 Å². The molecule has 0 bridgehead atoms. The van der Waals surface area contributed by atoms with Gasteiger partial charge in [0.1, 0.15) is 23.6 Å². The lowest BCUT2D eigenvalue weighted by atomic mass is 10.1. The smallest absolute Gasteiger partial charge is 0.137 e. The number of aromatic nitrogens is 2. The monoisotopic (exact) mass is 403 g/mol. The number of fused-ring (bicyclic) bond motifs is 1. The first-order valence-electron chi connectivity index (χ1n) is 7.66. The van der Waals surface area contributed by atoms with Crippen molar-refractivity contribution in [3.8, 4) is 11.5 Å². The molecule has 1 heterocycles. The lowest BCUT2D eigenvalue weighted by Gasteiger charge is -2.17. The molecule has 25 heavy (non-hydrogen) atoms. The number of benzene rings is 2. The van der Waals surface area contributed by atoms with Gasteiger partial charge in [0.2, 0.25) is 0 Å². The molecule has 0 saturated carbocycles. The molecular weight excluding hydrogens is 386 g/mol. The molecule has 6 nitrogen and oxygen atoms in total. The van der Waals surface area contributed by atoms with Crippen molar-refractivity contribution in [1.29, 1.82) is 0 Å². The zero-order chi connectivity index (χ0) is 17.8. The molecule has 1 aromatic heterocycles. The highest BCUT2D eigenvalue weighted by atomic mass is 79.9. The van der Waals surface area contributed by atoms with Crippen LogP contribution in [0, 0.1) is 0 Å². The van der Waals surface area contributed by atoms with Crippen molar-refractivity contribution in [3.05, 3.63) is 52.8 Å². The van der Waals surface area contributed by atoms with E-state index in [0.29, 0.717) is 22.9 Å². The van der Waals surface area contributed by atoms with E-state index in [1.165, 1.54) is 6.33 Å². The summed E-state index contributed by atoms with van der Waals surface area (Å²) in [5, 5.41) is 14.6. The number of hydrogen-bond acceptors (Lipinski definition) is 6. The first-order chi connectivity index (χ1) is 12.1. The van der Waals surface area contributed by atoms with Crippen molar-refractivity contribution in [2.45, 2.75) is 6.10 Å². The standard InChI is InChI=1S/C18H18BrN3O3/c1-24-12-4-6-17(25-2)14(8-12)16(23)9-20-18-13-7-11(19)3-5-15(13)21-10-22-18/h3-8,10,16,23H,9H2,1-2H3,(H,20,21,22). The van der Waals surface area contributed by atoms with E-state index < -0.39 is 6.10 Å². The van der Waals surface area contributed by atoms with E-state index in [2.05, 4.69) is 31.2 Å². The number of nitrogens with zero attached hydrogens (tertiary/aromatic N) is 2. The van der Waals surface area contributed by atoms with Gasteiger partial charge in [-0.05, 0) is 36.4 Å². The maximum atomic E-state index is 10.6. The first kappa shape index (κ1) is 17.4. The minimum absolute atomic E-state index is 0.266. The molecule has 0 amide bonds. The third-order valence-corrected chi connectivity index (χ3v) is 4.35. The Balaban J connectivity index is 1.83. The number of aliphatic hydroxyl groups excluding tert-OH is 1. The van der Waals surface area contributed by atoms with Gasteiger partial charge in [0, 0.05) is 22.0 Å². The van der Waals surface area contributed by atoms with Crippen LogP contribution in [-0.2, 0) is 0 Å². The molecule has 0 aliphatic rings. The van der Waals surface area contributed by atoms with E-state index in [1.54, 1.807) is 32.4 Å². The first-order valence-corrected chi connectivity index (χ1v) is 8.46. The number of aliphatic hydroxyl groups is 1. The lowest BCUT2D eigenvalue weighted by Crippen LogP contribution is -2.14. The predicted octanol–water partition coefficient (Wildman–Crippen LogP) is 3.56. The van der Waals surface area contributed by atoms with Crippen LogP contribution >= 0.6 is 15.9 Å². The Labute approximate surface area is 154 Å².